The number of carbonyl (C=O) groups is 1. The Labute approximate surface area is 178 Å². The highest BCUT2D eigenvalue weighted by molar-refractivity contribution is 7.92. The number of nitrogens with zero attached hydrogens (tertiary/aromatic N) is 3. The molecule has 1 aromatic heterocycles. The monoisotopic (exact) mass is 444 g/mol. The van der Waals surface area contributed by atoms with E-state index in [-0.39, 0.29) is 19.0 Å². The second-order valence-electron chi connectivity index (χ2n) is 6.83. The molecule has 3 aromatic rings. The molecule has 10 nitrogen and oxygen atoms in total. The van der Waals surface area contributed by atoms with Crippen molar-refractivity contribution in [2.75, 3.05) is 24.2 Å². The third kappa shape index (κ3) is 4.45. The highest BCUT2D eigenvalue weighted by Crippen LogP contribution is 2.34. The van der Waals surface area contributed by atoms with Crippen LogP contribution in [0.3, 0.4) is 0 Å². The predicted molar refractivity (Wildman–Crippen MR) is 111 cm³/mol. The van der Waals surface area contributed by atoms with E-state index in [9.17, 15) is 13.2 Å². The van der Waals surface area contributed by atoms with Crippen LogP contribution in [0.5, 0.6) is 11.5 Å². The molecule has 0 saturated heterocycles. The van der Waals surface area contributed by atoms with Crippen molar-refractivity contribution in [1.29, 1.82) is 0 Å². The quantitative estimate of drug-likeness (QED) is 0.608. The van der Waals surface area contributed by atoms with E-state index in [0.29, 0.717) is 23.0 Å². The smallest absolute Gasteiger partial charge is 0.263 e. The maximum Gasteiger partial charge on any atom is 0.263 e. The first-order valence-electron chi connectivity index (χ1n) is 9.33. The summed E-state index contributed by atoms with van der Waals surface area (Å²) in [6, 6.07) is 13.8. The normalized spacial score (nSPS) is 15.7. The Bertz CT molecular complexity index is 1190. The average molecular weight is 444 g/mol. The van der Waals surface area contributed by atoms with Crippen LogP contribution in [0.25, 0.3) is 11.4 Å². The van der Waals surface area contributed by atoms with Gasteiger partial charge in [-0.3, -0.25) is 9.10 Å². The molecule has 0 aliphatic carbocycles. The van der Waals surface area contributed by atoms with E-state index >= 15 is 0 Å². The minimum Gasteiger partial charge on any atom is -0.497 e. The molecule has 2 heterocycles. The Morgan fingerprint density at radius 1 is 1.23 bits per heavy atom. The van der Waals surface area contributed by atoms with Gasteiger partial charge >= 0.3 is 0 Å². The van der Waals surface area contributed by atoms with Crippen LogP contribution in [-0.2, 0) is 21.4 Å². The molecular formula is C20H20N4O6S. The lowest BCUT2D eigenvalue weighted by Gasteiger charge is -2.33. The van der Waals surface area contributed by atoms with Crippen molar-refractivity contribution in [1.82, 2.24) is 15.5 Å². The summed E-state index contributed by atoms with van der Waals surface area (Å²) >= 11 is 0. The lowest BCUT2D eigenvalue weighted by Crippen LogP contribution is -2.50. The van der Waals surface area contributed by atoms with Gasteiger partial charge in [-0.05, 0) is 36.4 Å². The molecule has 31 heavy (non-hydrogen) atoms. The molecule has 0 saturated carbocycles. The van der Waals surface area contributed by atoms with E-state index in [1.54, 1.807) is 55.6 Å². The SMILES string of the molecule is COc1ccc(-c2noc(CNC(=O)[C@H]3CN(S(C)(=O)=O)c4ccccc4O3)n2)cc1. The van der Waals surface area contributed by atoms with E-state index in [2.05, 4.69) is 15.5 Å². The third-order valence-corrected chi connectivity index (χ3v) is 5.80. The van der Waals surface area contributed by atoms with Crippen LogP contribution in [0.15, 0.2) is 53.1 Å². The first-order valence-corrected chi connectivity index (χ1v) is 11.2. The fraction of sp³-hybridized carbons (Fsp3) is 0.250. The number of para-hydroxylation sites is 2. The van der Waals surface area contributed by atoms with Crippen LogP contribution in [0.4, 0.5) is 5.69 Å². The molecule has 1 aliphatic heterocycles. The van der Waals surface area contributed by atoms with Gasteiger partial charge in [0, 0.05) is 5.56 Å². The molecule has 162 valence electrons. The maximum absolute atomic E-state index is 12.6. The minimum absolute atomic E-state index is 0.0254. The predicted octanol–water partition coefficient (Wildman–Crippen LogP) is 1.59. The number of methoxy groups -OCH3 is 1. The lowest BCUT2D eigenvalue weighted by atomic mass is 10.2. The number of rotatable bonds is 6. The van der Waals surface area contributed by atoms with Crippen LogP contribution in [0.1, 0.15) is 5.89 Å². The van der Waals surface area contributed by atoms with Gasteiger partial charge < -0.3 is 19.3 Å². The number of aromatic nitrogens is 2. The summed E-state index contributed by atoms with van der Waals surface area (Å²) in [4.78, 5) is 16.9. The van der Waals surface area contributed by atoms with Crippen molar-refractivity contribution < 1.29 is 27.2 Å². The van der Waals surface area contributed by atoms with E-state index < -0.39 is 22.0 Å². The van der Waals surface area contributed by atoms with E-state index in [4.69, 9.17) is 14.0 Å². The molecule has 1 amide bonds. The maximum atomic E-state index is 12.6. The van der Waals surface area contributed by atoms with Crippen molar-refractivity contribution in [3.63, 3.8) is 0 Å². The molecule has 11 heteroatoms. The standard InChI is InChI=1S/C20H20N4O6S/c1-28-14-9-7-13(8-10-14)19-22-18(30-23-19)11-21-20(25)17-12-24(31(2,26)27)15-5-3-4-6-16(15)29-17/h3-10,17H,11-12H2,1-2H3,(H,21,25)/t17-/m1/s1. The van der Waals surface area contributed by atoms with Gasteiger partial charge in [-0.25, -0.2) is 8.42 Å². The topological polar surface area (TPSA) is 124 Å². The van der Waals surface area contributed by atoms with Crippen molar-refractivity contribution >= 4 is 21.6 Å². The zero-order chi connectivity index (χ0) is 22.0. The Balaban J connectivity index is 1.43. The van der Waals surface area contributed by atoms with Gasteiger partial charge in [0.05, 0.1) is 32.1 Å². The molecule has 1 N–H and O–H groups in total. The molecule has 4 rings (SSSR count). The number of ether oxygens (including phenoxy) is 2. The second kappa shape index (κ2) is 8.26. The van der Waals surface area contributed by atoms with E-state index in [1.165, 1.54) is 0 Å². The van der Waals surface area contributed by atoms with E-state index in [1.807, 2.05) is 0 Å². The number of carbonyl (C=O) groups excluding carboxylic acids is 1. The van der Waals surface area contributed by atoms with Gasteiger partial charge in [0.15, 0.2) is 6.10 Å². The number of sulfonamides is 1. The van der Waals surface area contributed by atoms with Crippen molar-refractivity contribution in [3.05, 3.63) is 54.4 Å². The van der Waals surface area contributed by atoms with Gasteiger partial charge in [0.1, 0.15) is 11.5 Å². The number of hydrogen-bond acceptors (Lipinski definition) is 8. The molecule has 0 unspecified atom stereocenters. The van der Waals surface area contributed by atoms with Crippen LogP contribution >= 0.6 is 0 Å². The highest BCUT2D eigenvalue weighted by atomic mass is 32.2. The summed E-state index contributed by atoms with van der Waals surface area (Å²) in [6.45, 7) is -0.162. The largest absolute Gasteiger partial charge is 0.497 e. The van der Waals surface area contributed by atoms with Crippen LogP contribution in [-0.4, -0.2) is 50.5 Å². The summed E-state index contributed by atoms with van der Waals surface area (Å²) in [5, 5.41) is 6.56. The number of nitrogens with one attached hydrogen (secondary N) is 1. The number of amides is 1. The lowest BCUT2D eigenvalue weighted by molar-refractivity contribution is -0.128. The summed E-state index contributed by atoms with van der Waals surface area (Å²) in [7, 11) is -2.00. The Kier molecular flexibility index (Phi) is 5.51. The number of fused-ring (bicyclic) bond motifs is 1. The van der Waals surface area contributed by atoms with Crippen LogP contribution in [0, 0.1) is 0 Å². The van der Waals surface area contributed by atoms with Gasteiger partial charge in [0.2, 0.25) is 21.7 Å². The van der Waals surface area contributed by atoms with Crippen LogP contribution < -0.4 is 19.1 Å². The molecule has 0 spiro atoms. The molecule has 0 radical (unpaired) electrons. The summed E-state index contributed by atoms with van der Waals surface area (Å²) in [5.41, 5.74) is 1.13. The third-order valence-electron chi connectivity index (χ3n) is 4.66. The molecule has 0 fully saturated rings. The second-order valence-corrected chi connectivity index (χ2v) is 8.73. The fourth-order valence-electron chi connectivity index (χ4n) is 3.11. The molecular weight excluding hydrogens is 424 g/mol. The molecule has 0 bridgehead atoms. The van der Waals surface area contributed by atoms with Crippen molar-refractivity contribution in [2.24, 2.45) is 0 Å². The fourth-order valence-corrected chi connectivity index (χ4v) is 4.03. The first-order chi connectivity index (χ1) is 14.8. The average Bonchev–Trinajstić information content (AvgIpc) is 3.25. The van der Waals surface area contributed by atoms with E-state index in [0.717, 1.165) is 16.1 Å². The Morgan fingerprint density at radius 3 is 2.68 bits per heavy atom. The zero-order valence-corrected chi connectivity index (χ0v) is 17.6. The van der Waals surface area contributed by atoms with Crippen LogP contribution in [0.2, 0.25) is 0 Å². The number of hydrogen-bond donors (Lipinski definition) is 1. The Morgan fingerprint density at radius 2 is 1.97 bits per heavy atom. The summed E-state index contributed by atoms with van der Waals surface area (Å²) < 4.78 is 41.5. The zero-order valence-electron chi connectivity index (χ0n) is 16.8. The Hall–Kier alpha value is -3.60. The highest BCUT2D eigenvalue weighted by Gasteiger charge is 2.34. The number of benzene rings is 2. The van der Waals surface area contributed by atoms with Gasteiger partial charge in [-0.15, -0.1) is 0 Å². The minimum atomic E-state index is -3.58. The number of anilines is 1. The molecule has 1 atom stereocenters. The van der Waals surface area contributed by atoms with Gasteiger partial charge in [0.25, 0.3) is 5.91 Å². The molecule has 1 aliphatic rings. The summed E-state index contributed by atoms with van der Waals surface area (Å²) in [6.07, 6.45) is 0.0667. The molecule has 2 aromatic carbocycles. The van der Waals surface area contributed by atoms with Crippen molar-refractivity contribution in [2.45, 2.75) is 12.6 Å². The van der Waals surface area contributed by atoms with Gasteiger partial charge in [-0.1, -0.05) is 17.3 Å². The van der Waals surface area contributed by atoms with Gasteiger partial charge in [-0.2, -0.15) is 4.98 Å². The first kappa shape index (κ1) is 20.7. The summed E-state index contributed by atoms with van der Waals surface area (Å²) in [5.74, 6) is 1.11. The van der Waals surface area contributed by atoms with Crippen molar-refractivity contribution in [3.8, 4) is 22.9 Å².